The molecular formula is C13H15NS. The van der Waals surface area contributed by atoms with Crippen LogP contribution >= 0.6 is 11.8 Å². The third-order valence-electron chi connectivity index (χ3n) is 2.37. The molecule has 0 spiro atoms. The molecule has 15 heavy (non-hydrogen) atoms. The molecule has 1 aromatic rings. The molecule has 1 nitrogen and oxygen atoms in total. The highest BCUT2D eigenvalue weighted by atomic mass is 32.2. The Morgan fingerprint density at radius 3 is 3.00 bits per heavy atom. The van der Waals surface area contributed by atoms with Crippen molar-refractivity contribution in [2.45, 2.75) is 25.0 Å². The van der Waals surface area contributed by atoms with E-state index in [1.165, 1.54) is 16.8 Å². The minimum Gasteiger partial charge on any atom is -0.260 e. The van der Waals surface area contributed by atoms with Crippen LogP contribution in [0.15, 0.2) is 42.0 Å². The monoisotopic (exact) mass is 217 g/mol. The van der Waals surface area contributed by atoms with Gasteiger partial charge in [-0.15, -0.1) is 11.8 Å². The van der Waals surface area contributed by atoms with Crippen LogP contribution < -0.4 is 0 Å². The van der Waals surface area contributed by atoms with Crippen molar-refractivity contribution in [1.29, 1.82) is 0 Å². The summed E-state index contributed by atoms with van der Waals surface area (Å²) in [7, 11) is 0. The number of thioether (sulfide) groups is 1. The van der Waals surface area contributed by atoms with E-state index in [-0.39, 0.29) is 0 Å². The zero-order valence-electron chi connectivity index (χ0n) is 8.94. The van der Waals surface area contributed by atoms with E-state index in [9.17, 15) is 0 Å². The third kappa shape index (κ3) is 2.72. The summed E-state index contributed by atoms with van der Waals surface area (Å²) >= 11 is 1.85. The molecule has 2 heterocycles. The SMILES string of the molecule is C=C(C)Cc1ccc(C2CC=CS2)nc1. The normalized spacial score (nSPS) is 19.4. The molecule has 0 bridgehead atoms. The average Bonchev–Trinajstić information content (AvgIpc) is 2.71. The fraction of sp³-hybridized carbons (Fsp3) is 0.308. The van der Waals surface area contributed by atoms with Gasteiger partial charge in [-0.2, -0.15) is 0 Å². The number of hydrogen-bond acceptors (Lipinski definition) is 2. The summed E-state index contributed by atoms with van der Waals surface area (Å²) in [4.78, 5) is 4.51. The van der Waals surface area contributed by atoms with Gasteiger partial charge >= 0.3 is 0 Å². The maximum Gasteiger partial charge on any atom is 0.0546 e. The van der Waals surface area contributed by atoms with Crippen molar-refractivity contribution in [2.24, 2.45) is 0 Å². The van der Waals surface area contributed by atoms with Gasteiger partial charge in [0.25, 0.3) is 0 Å². The molecule has 1 aliphatic rings. The summed E-state index contributed by atoms with van der Waals surface area (Å²) in [5, 5.41) is 2.69. The van der Waals surface area contributed by atoms with E-state index in [0.29, 0.717) is 5.25 Å². The van der Waals surface area contributed by atoms with Gasteiger partial charge in [-0.25, -0.2) is 0 Å². The lowest BCUT2D eigenvalue weighted by molar-refractivity contribution is 0.924. The first-order chi connectivity index (χ1) is 7.25. The fourth-order valence-corrected chi connectivity index (χ4v) is 2.57. The van der Waals surface area contributed by atoms with Gasteiger partial charge in [0.05, 0.1) is 10.9 Å². The van der Waals surface area contributed by atoms with Crippen molar-refractivity contribution >= 4 is 11.8 Å². The Labute approximate surface area is 95.3 Å². The van der Waals surface area contributed by atoms with Crippen molar-refractivity contribution < 1.29 is 0 Å². The summed E-state index contributed by atoms with van der Waals surface area (Å²) in [6, 6.07) is 4.30. The zero-order valence-corrected chi connectivity index (χ0v) is 9.76. The molecular weight excluding hydrogens is 202 g/mol. The van der Waals surface area contributed by atoms with E-state index < -0.39 is 0 Å². The number of aromatic nitrogens is 1. The second kappa shape index (κ2) is 4.67. The Morgan fingerprint density at radius 1 is 1.60 bits per heavy atom. The van der Waals surface area contributed by atoms with Crippen LogP contribution in [-0.2, 0) is 6.42 Å². The van der Waals surface area contributed by atoms with E-state index >= 15 is 0 Å². The standard InChI is InChI=1S/C13H15NS/c1-10(2)8-11-5-6-12(14-9-11)13-4-3-7-15-13/h3,5-7,9,13H,1,4,8H2,2H3. The van der Waals surface area contributed by atoms with Crippen LogP contribution in [-0.4, -0.2) is 4.98 Å². The summed E-state index contributed by atoms with van der Waals surface area (Å²) in [6.07, 6.45) is 6.22. The molecule has 2 heteroatoms. The van der Waals surface area contributed by atoms with Gasteiger partial charge in [-0.1, -0.05) is 24.3 Å². The lowest BCUT2D eigenvalue weighted by Crippen LogP contribution is -1.95. The number of hydrogen-bond donors (Lipinski definition) is 0. The smallest absolute Gasteiger partial charge is 0.0546 e. The third-order valence-corrected chi connectivity index (χ3v) is 3.48. The maximum atomic E-state index is 4.51. The second-order valence-electron chi connectivity index (χ2n) is 3.96. The zero-order chi connectivity index (χ0) is 10.7. The van der Waals surface area contributed by atoms with Gasteiger partial charge in [0.15, 0.2) is 0 Å². The molecule has 0 fully saturated rings. The Morgan fingerprint density at radius 2 is 2.47 bits per heavy atom. The van der Waals surface area contributed by atoms with Gasteiger partial charge in [-0.3, -0.25) is 4.98 Å². The average molecular weight is 217 g/mol. The number of allylic oxidation sites excluding steroid dienone is 2. The molecule has 1 atom stereocenters. The number of pyridine rings is 1. The quantitative estimate of drug-likeness (QED) is 0.712. The van der Waals surface area contributed by atoms with Crippen LogP contribution in [0.1, 0.15) is 29.9 Å². The van der Waals surface area contributed by atoms with Crippen LogP contribution in [0.5, 0.6) is 0 Å². The highest BCUT2D eigenvalue weighted by Gasteiger charge is 2.14. The molecule has 2 rings (SSSR count). The van der Waals surface area contributed by atoms with E-state index in [0.717, 1.165) is 12.8 Å². The van der Waals surface area contributed by atoms with Crippen molar-refractivity contribution in [3.8, 4) is 0 Å². The Bertz CT molecular complexity index is 370. The first-order valence-corrected chi connectivity index (χ1v) is 6.09. The predicted molar refractivity (Wildman–Crippen MR) is 66.8 cm³/mol. The molecule has 0 N–H and O–H groups in total. The summed E-state index contributed by atoms with van der Waals surface area (Å²) in [6.45, 7) is 5.95. The van der Waals surface area contributed by atoms with Crippen molar-refractivity contribution in [2.75, 3.05) is 0 Å². The van der Waals surface area contributed by atoms with E-state index in [4.69, 9.17) is 0 Å². The van der Waals surface area contributed by atoms with E-state index in [2.05, 4.69) is 35.2 Å². The highest BCUT2D eigenvalue weighted by molar-refractivity contribution is 8.02. The maximum absolute atomic E-state index is 4.51. The van der Waals surface area contributed by atoms with Crippen molar-refractivity contribution in [3.63, 3.8) is 0 Å². The number of rotatable bonds is 3. The first kappa shape index (κ1) is 10.5. The molecule has 0 saturated carbocycles. The van der Waals surface area contributed by atoms with Gasteiger partial charge < -0.3 is 0 Å². The second-order valence-corrected chi connectivity index (χ2v) is 5.07. The molecule has 78 valence electrons. The van der Waals surface area contributed by atoms with Crippen LogP contribution in [0, 0.1) is 0 Å². The number of nitrogens with zero attached hydrogens (tertiary/aromatic N) is 1. The van der Waals surface area contributed by atoms with Crippen molar-refractivity contribution in [1.82, 2.24) is 4.98 Å². The largest absolute Gasteiger partial charge is 0.260 e. The predicted octanol–water partition coefficient (Wildman–Crippen LogP) is 3.89. The molecule has 0 saturated heterocycles. The van der Waals surface area contributed by atoms with Gasteiger partial charge in [0, 0.05) is 6.20 Å². The van der Waals surface area contributed by atoms with Crippen LogP contribution in [0.3, 0.4) is 0 Å². The topological polar surface area (TPSA) is 12.9 Å². The minimum absolute atomic E-state index is 0.531. The van der Waals surface area contributed by atoms with E-state index in [1.807, 2.05) is 24.9 Å². The van der Waals surface area contributed by atoms with Crippen LogP contribution in [0.2, 0.25) is 0 Å². The first-order valence-electron chi connectivity index (χ1n) is 5.15. The molecule has 1 aromatic heterocycles. The molecule has 1 unspecified atom stereocenters. The molecule has 0 radical (unpaired) electrons. The summed E-state index contributed by atoms with van der Waals surface area (Å²) in [5.74, 6) is 0. The Kier molecular flexibility index (Phi) is 3.27. The minimum atomic E-state index is 0.531. The van der Waals surface area contributed by atoms with Gasteiger partial charge in [0.2, 0.25) is 0 Å². The summed E-state index contributed by atoms with van der Waals surface area (Å²) in [5.41, 5.74) is 3.62. The molecule has 1 aliphatic heterocycles. The summed E-state index contributed by atoms with van der Waals surface area (Å²) < 4.78 is 0. The lowest BCUT2D eigenvalue weighted by atomic mass is 10.1. The van der Waals surface area contributed by atoms with Crippen molar-refractivity contribution in [3.05, 3.63) is 53.2 Å². The van der Waals surface area contributed by atoms with Crippen LogP contribution in [0.25, 0.3) is 0 Å². The molecule has 0 aliphatic carbocycles. The van der Waals surface area contributed by atoms with Gasteiger partial charge in [-0.05, 0) is 36.8 Å². The Balaban J connectivity index is 2.06. The van der Waals surface area contributed by atoms with Crippen LogP contribution in [0.4, 0.5) is 0 Å². The van der Waals surface area contributed by atoms with E-state index in [1.54, 1.807) is 0 Å². The van der Waals surface area contributed by atoms with Gasteiger partial charge in [0.1, 0.15) is 0 Å². The lowest BCUT2D eigenvalue weighted by Gasteiger charge is -2.08. The molecule has 0 amide bonds. The Hall–Kier alpha value is -1.02. The fourth-order valence-electron chi connectivity index (χ4n) is 1.65. The highest BCUT2D eigenvalue weighted by Crippen LogP contribution is 2.37. The molecule has 0 aromatic carbocycles.